The van der Waals surface area contributed by atoms with Crippen molar-refractivity contribution < 1.29 is 19.2 Å². The molecule has 138 valence electrons. The number of ether oxygens (including phenoxy) is 2. The van der Waals surface area contributed by atoms with Crippen LogP contribution in [0.4, 0.5) is 22.0 Å². The predicted molar refractivity (Wildman–Crippen MR) is 97.3 cm³/mol. The zero-order valence-electron chi connectivity index (χ0n) is 13.7. The summed E-state index contributed by atoms with van der Waals surface area (Å²) >= 11 is 0. The molecule has 10 heteroatoms. The summed E-state index contributed by atoms with van der Waals surface area (Å²) in [7, 11) is 0. The number of hydrogen-bond donors (Lipinski definition) is 1. The van der Waals surface area contributed by atoms with Crippen molar-refractivity contribution in [1.29, 1.82) is 0 Å². The number of anilines is 2. The number of pyridine rings is 1. The summed E-state index contributed by atoms with van der Waals surface area (Å²) in [6.07, 6.45) is 0.844. The number of carbonyl (C=O) groups is 1. The second kappa shape index (κ2) is 8.97. The standard InChI is InChI=1S/C16H16N4O5.ClH/c21-16(25-14-4-2-13(3-5-14)20(22)23)18-12-1-6-15(17-11-12)19-7-9-24-10-8-19;/h1-6,11H,7-10H2,(H,18,21);1H. The van der Waals surface area contributed by atoms with Crippen LogP contribution in [-0.2, 0) is 4.74 Å². The van der Waals surface area contributed by atoms with Crippen LogP contribution < -0.4 is 15.0 Å². The smallest absolute Gasteiger partial charge is 0.410 e. The van der Waals surface area contributed by atoms with E-state index in [0.717, 1.165) is 18.9 Å². The topological polar surface area (TPSA) is 107 Å². The fraction of sp³-hybridized carbons (Fsp3) is 0.250. The fourth-order valence-electron chi connectivity index (χ4n) is 2.33. The molecule has 0 saturated carbocycles. The Morgan fingerprint density at radius 2 is 1.88 bits per heavy atom. The fourth-order valence-corrected chi connectivity index (χ4v) is 2.33. The van der Waals surface area contributed by atoms with Crippen LogP contribution in [0.1, 0.15) is 0 Å². The average Bonchev–Trinajstić information content (AvgIpc) is 2.63. The lowest BCUT2D eigenvalue weighted by Gasteiger charge is -2.27. The monoisotopic (exact) mass is 380 g/mol. The van der Waals surface area contributed by atoms with Crippen LogP contribution >= 0.6 is 12.4 Å². The zero-order valence-corrected chi connectivity index (χ0v) is 14.5. The summed E-state index contributed by atoms with van der Waals surface area (Å²) in [4.78, 5) is 28.3. The Hall–Kier alpha value is -2.91. The van der Waals surface area contributed by atoms with Gasteiger partial charge in [-0.2, -0.15) is 0 Å². The van der Waals surface area contributed by atoms with Gasteiger partial charge >= 0.3 is 6.09 Å². The molecule has 1 saturated heterocycles. The van der Waals surface area contributed by atoms with Gasteiger partial charge in [0.25, 0.3) is 5.69 Å². The summed E-state index contributed by atoms with van der Waals surface area (Å²) in [5.41, 5.74) is 0.416. The van der Waals surface area contributed by atoms with Crippen LogP contribution in [0.25, 0.3) is 0 Å². The number of benzene rings is 1. The summed E-state index contributed by atoms with van der Waals surface area (Å²) in [5, 5.41) is 13.1. The number of nitro benzene ring substituents is 1. The number of amides is 1. The molecule has 0 radical (unpaired) electrons. The number of hydrogen-bond acceptors (Lipinski definition) is 7. The number of nitrogens with one attached hydrogen (secondary N) is 1. The molecule has 1 fully saturated rings. The van der Waals surface area contributed by atoms with Crippen molar-refractivity contribution in [2.24, 2.45) is 0 Å². The van der Waals surface area contributed by atoms with Crippen molar-refractivity contribution >= 4 is 35.7 Å². The Balaban J connectivity index is 0.00000243. The molecule has 2 heterocycles. The molecule has 0 atom stereocenters. The highest BCUT2D eigenvalue weighted by molar-refractivity contribution is 5.86. The van der Waals surface area contributed by atoms with Crippen molar-refractivity contribution in [2.75, 3.05) is 36.5 Å². The van der Waals surface area contributed by atoms with Crippen molar-refractivity contribution in [2.45, 2.75) is 0 Å². The molecule has 9 nitrogen and oxygen atoms in total. The Kier molecular flexibility index (Phi) is 6.70. The molecule has 26 heavy (non-hydrogen) atoms. The second-order valence-electron chi connectivity index (χ2n) is 5.27. The number of nitrogens with zero attached hydrogens (tertiary/aromatic N) is 3. The van der Waals surface area contributed by atoms with E-state index in [4.69, 9.17) is 9.47 Å². The zero-order chi connectivity index (χ0) is 17.6. The minimum atomic E-state index is -0.699. The first kappa shape index (κ1) is 19.4. The van der Waals surface area contributed by atoms with Gasteiger partial charge in [0, 0.05) is 25.2 Å². The first-order chi connectivity index (χ1) is 12.1. The van der Waals surface area contributed by atoms with Crippen molar-refractivity contribution in [3.05, 3.63) is 52.7 Å². The highest BCUT2D eigenvalue weighted by Gasteiger charge is 2.13. The molecule has 3 rings (SSSR count). The minimum Gasteiger partial charge on any atom is -0.410 e. The van der Waals surface area contributed by atoms with Crippen molar-refractivity contribution in [1.82, 2.24) is 4.98 Å². The third kappa shape index (κ3) is 5.04. The van der Waals surface area contributed by atoms with Gasteiger partial charge < -0.3 is 14.4 Å². The molecule has 0 spiro atoms. The Morgan fingerprint density at radius 1 is 1.19 bits per heavy atom. The predicted octanol–water partition coefficient (Wildman–Crippen LogP) is 2.86. The van der Waals surface area contributed by atoms with E-state index in [2.05, 4.69) is 15.2 Å². The molecule has 0 aliphatic carbocycles. The molecular formula is C16H17ClN4O5. The van der Waals surface area contributed by atoms with Crippen LogP contribution in [0.3, 0.4) is 0 Å². The summed E-state index contributed by atoms with van der Waals surface area (Å²) in [5.74, 6) is 1.03. The Morgan fingerprint density at radius 3 is 2.46 bits per heavy atom. The SMILES string of the molecule is Cl.O=C(Nc1ccc(N2CCOCC2)nc1)Oc1ccc([N+](=O)[O-])cc1. The molecule has 1 aliphatic rings. The molecule has 1 amide bonds. The lowest BCUT2D eigenvalue weighted by Crippen LogP contribution is -2.36. The maximum absolute atomic E-state index is 11.9. The maximum Gasteiger partial charge on any atom is 0.417 e. The lowest BCUT2D eigenvalue weighted by atomic mass is 10.3. The molecule has 1 aromatic carbocycles. The number of non-ortho nitro benzene ring substituents is 1. The highest BCUT2D eigenvalue weighted by atomic mass is 35.5. The molecular weight excluding hydrogens is 364 g/mol. The van der Waals surface area contributed by atoms with Gasteiger partial charge in [-0.1, -0.05) is 0 Å². The minimum absolute atomic E-state index is 0. The van der Waals surface area contributed by atoms with Gasteiger partial charge in [-0.3, -0.25) is 15.4 Å². The quantitative estimate of drug-likeness (QED) is 0.641. The van der Waals surface area contributed by atoms with E-state index in [0.29, 0.717) is 18.9 Å². The first-order valence-electron chi connectivity index (χ1n) is 7.64. The van der Waals surface area contributed by atoms with Crippen LogP contribution in [-0.4, -0.2) is 42.3 Å². The molecule has 0 bridgehead atoms. The molecule has 1 aliphatic heterocycles. The maximum atomic E-state index is 11.9. The van der Waals surface area contributed by atoms with Gasteiger partial charge in [0.15, 0.2) is 0 Å². The number of rotatable bonds is 4. The lowest BCUT2D eigenvalue weighted by molar-refractivity contribution is -0.384. The van der Waals surface area contributed by atoms with Gasteiger partial charge in [-0.25, -0.2) is 9.78 Å². The van der Waals surface area contributed by atoms with Crippen LogP contribution in [0.15, 0.2) is 42.6 Å². The molecule has 1 N–H and O–H groups in total. The van der Waals surface area contributed by atoms with E-state index in [9.17, 15) is 14.9 Å². The van der Waals surface area contributed by atoms with Crippen LogP contribution in [0.2, 0.25) is 0 Å². The average molecular weight is 381 g/mol. The van der Waals surface area contributed by atoms with E-state index in [1.807, 2.05) is 6.07 Å². The van der Waals surface area contributed by atoms with E-state index in [1.165, 1.54) is 24.3 Å². The van der Waals surface area contributed by atoms with E-state index in [1.54, 1.807) is 12.3 Å². The Labute approximate surface area is 155 Å². The largest absolute Gasteiger partial charge is 0.417 e. The van der Waals surface area contributed by atoms with Gasteiger partial charge in [0.05, 0.1) is 30.0 Å². The normalized spacial score (nSPS) is 13.5. The van der Waals surface area contributed by atoms with Gasteiger partial charge in [0.1, 0.15) is 11.6 Å². The van der Waals surface area contributed by atoms with Gasteiger partial charge in [0.2, 0.25) is 0 Å². The van der Waals surface area contributed by atoms with Crippen molar-refractivity contribution in [3.8, 4) is 5.75 Å². The van der Waals surface area contributed by atoms with Crippen LogP contribution in [0, 0.1) is 10.1 Å². The van der Waals surface area contributed by atoms with Crippen LogP contribution in [0.5, 0.6) is 5.75 Å². The molecule has 2 aromatic rings. The third-order valence-electron chi connectivity index (χ3n) is 3.59. The number of nitro groups is 1. The summed E-state index contributed by atoms with van der Waals surface area (Å²) < 4.78 is 10.4. The highest BCUT2D eigenvalue weighted by Crippen LogP contribution is 2.19. The number of halogens is 1. The van der Waals surface area contributed by atoms with Gasteiger partial charge in [-0.05, 0) is 24.3 Å². The van der Waals surface area contributed by atoms with Crippen molar-refractivity contribution in [3.63, 3.8) is 0 Å². The Bertz CT molecular complexity index is 748. The number of morpholine rings is 1. The second-order valence-corrected chi connectivity index (χ2v) is 5.27. The summed E-state index contributed by atoms with van der Waals surface area (Å²) in [6.45, 7) is 2.90. The van der Waals surface area contributed by atoms with E-state index >= 15 is 0 Å². The first-order valence-corrected chi connectivity index (χ1v) is 7.64. The molecule has 1 aromatic heterocycles. The molecule has 0 unspecified atom stereocenters. The third-order valence-corrected chi connectivity index (χ3v) is 3.59. The van der Waals surface area contributed by atoms with E-state index < -0.39 is 11.0 Å². The summed E-state index contributed by atoms with van der Waals surface area (Å²) in [6, 6.07) is 8.79. The number of carbonyl (C=O) groups excluding carboxylic acids is 1. The van der Waals surface area contributed by atoms with Gasteiger partial charge in [-0.15, -0.1) is 12.4 Å². The van der Waals surface area contributed by atoms with E-state index in [-0.39, 0.29) is 23.8 Å². The number of aromatic nitrogens is 1.